The van der Waals surface area contributed by atoms with Crippen LogP contribution in [0.4, 0.5) is 5.69 Å². The molecule has 1 N–H and O–H groups in total. The maximum absolute atomic E-state index is 12.6. The van der Waals surface area contributed by atoms with E-state index >= 15 is 0 Å². The first-order valence-electron chi connectivity index (χ1n) is 8.90. The van der Waals surface area contributed by atoms with E-state index in [2.05, 4.69) is 14.3 Å². The van der Waals surface area contributed by atoms with Crippen molar-refractivity contribution in [3.8, 4) is 0 Å². The second-order valence-corrected chi connectivity index (χ2v) is 8.60. The topological polar surface area (TPSA) is 84.3 Å². The molecule has 4 rings (SSSR count). The van der Waals surface area contributed by atoms with Crippen molar-refractivity contribution in [1.29, 1.82) is 0 Å². The van der Waals surface area contributed by atoms with Crippen LogP contribution in [0.25, 0.3) is 0 Å². The number of nitrogens with zero attached hydrogens (tertiary/aromatic N) is 3. The van der Waals surface area contributed by atoms with Crippen LogP contribution in [-0.2, 0) is 40.7 Å². The van der Waals surface area contributed by atoms with Crippen LogP contribution in [0.3, 0.4) is 0 Å². The standard InChI is InChI=1S/C18H22N4O3S/c1-13(23)22-9-7-14-10-16(5-6-17(14)22)26(24,25)19-11-15-12-21-8-3-2-4-18(21)20-15/h5-6,10,12,19H,2-4,7-9,11H2,1H3. The molecule has 0 bridgehead atoms. The number of carbonyl (C=O) groups is 1. The molecule has 7 nitrogen and oxygen atoms in total. The summed E-state index contributed by atoms with van der Waals surface area (Å²) in [6.07, 6.45) is 5.83. The van der Waals surface area contributed by atoms with Crippen LogP contribution in [0, 0.1) is 0 Å². The van der Waals surface area contributed by atoms with Gasteiger partial charge in [0.1, 0.15) is 5.82 Å². The largest absolute Gasteiger partial charge is 0.335 e. The summed E-state index contributed by atoms with van der Waals surface area (Å²) in [6, 6.07) is 4.94. The lowest BCUT2D eigenvalue weighted by molar-refractivity contribution is -0.116. The molecule has 0 fully saturated rings. The Morgan fingerprint density at radius 1 is 1.23 bits per heavy atom. The molecule has 0 unspecified atom stereocenters. The lowest BCUT2D eigenvalue weighted by Gasteiger charge is -2.15. The highest BCUT2D eigenvalue weighted by atomic mass is 32.2. The van der Waals surface area contributed by atoms with Crippen molar-refractivity contribution in [2.45, 2.75) is 50.6 Å². The highest BCUT2D eigenvalue weighted by Crippen LogP contribution is 2.30. The molecule has 2 aliphatic heterocycles. The van der Waals surface area contributed by atoms with Crippen LogP contribution in [0.15, 0.2) is 29.3 Å². The molecule has 0 radical (unpaired) electrons. The molecular weight excluding hydrogens is 352 g/mol. The summed E-state index contributed by atoms with van der Waals surface area (Å²) in [7, 11) is -3.62. The third-order valence-corrected chi connectivity index (χ3v) is 6.44. The Bertz CT molecular complexity index is 941. The van der Waals surface area contributed by atoms with Crippen molar-refractivity contribution in [3.63, 3.8) is 0 Å². The quantitative estimate of drug-likeness (QED) is 0.881. The number of rotatable bonds is 4. The number of carbonyl (C=O) groups excluding carboxylic acids is 1. The number of aromatic nitrogens is 2. The first-order valence-corrected chi connectivity index (χ1v) is 10.4. The van der Waals surface area contributed by atoms with Crippen LogP contribution < -0.4 is 9.62 Å². The van der Waals surface area contributed by atoms with Gasteiger partial charge in [0.25, 0.3) is 0 Å². The Kier molecular flexibility index (Phi) is 4.32. The van der Waals surface area contributed by atoms with Gasteiger partial charge in [0.2, 0.25) is 15.9 Å². The molecule has 2 aliphatic rings. The minimum absolute atomic E-state index is 0.0266. The molecular formula is C18H22N4O3S. The number of amides is 1. The molecule has 26 heavy (non-hydrogen) atoms. The Hall–Kier alpha value is -2.19. The predicted molar refractivity (Wildman–Crippen MR) is 97.4 cm³/mol. The van der Waals surface area contributed by atoms with Crippen molar-refractivity contribution in [2.24, 2.45) is 0 Å². The maximum Gasteiger partial charge on any atom is 0.240 e. The summed E-state index contributed by atoms with van der Waals surface area (Å²) < 4.78 is 30.0. The molecule has 0 spiro atoms. The lowest BCUT2D eigenvalue weighted by atomic mass is 10.2. The molecule has 0 saturated carbocycles. The Labute approximate surface area is 153 Å². The predicted octanol–water partition coefficient (Wildman–Crippen LogP) is 1.61. The monoisotopic (exact) mass is 374 g/mol. The molecule has 1 aromatic heterocycles. The zero-order valence-electron chi connectivity index (χ0n) is 14.7. The van der Waals surface area contributed by atoms with E-state index in [1.165, 1.54) is 6.92 Å². The van der Waals surface area contributed by atoms with Crippen molar-refractivity contribution in [2.75, 3.05) is 11.4 Å². The molecule has 1 aromatic carbocycles. The number of aryl methyl sites for hydroxylation is 2. The number of nitrogens with one attached hydrogen (secondary N) is 1. The van der Waals surface area contributed by atoms with Crippen LogP contribution in [-0.4, -0.2) is 30.4 Å². The average Bonchev–Trinajstić information content (AvgIpc) is 3.23. The maximum atomic E-state index is 12.6. The summed E-state index contributed by atoms with van der Waals surface area (Å²) in [5.74, 6) is 1.01. The minimum Gasteiger partial charge on any atom is -0.335 e. The third-order valence-electron chi connectivity index (χ3n) is 5.04. The van der Waals surface area contributed by atoms with Crippen LogP contribution >= 0.6 is 0 Å². The van der Waals surface area contributed by atoms with E-state index in [9.17, 15) is 13.2 Å². The smallest absolute Gasteiger partial charge is 0.240 e. The molecule has 2 aromatic rings. The number of hydrogen-bond donors (Lipinski definition) is 1. The second-order valence-electron chi connectivity index (χ2n) is 6.83. The van der Waals surface area contributed by atoms with E-state index in [4.69, 9.17) is 0 Å². The summed E-state index contributed by atoms with van der Waals surface area (Å²) in [6.45, 7) is 3.25. The van der Waals surface area contributed by atoms with E-state index in [1.54, 1.807) is 23.1 Å². The first kappa shape index (κ1) is 17.2. The van der Waals surface area contributed by atoms with E-state index in [1.807, 2.05) is 6.20 Å². The molecule has 0 aliphatic carbocycles. The zero-order valence-corrected chi connectivity index (χ0v) is 15.6. The van der Waals surface area contributed by atoms with E-state index in [0.717, 1.165) is 48.6 Å². The van der Waals surface area contributed by atoms with Gasteiger partial charge in [-0.15, -0.1) is 0 Å². The number of benzene rings is 1. The van der Waals surface area contributed by atoms with Gasteiger partial charge >= 0.3 is 0 Å². The van der Waals surface area contributed by atoms with E-state index in [0.29, 0.717) is 13.0 Å². The third kappa shape index (κ3) is 3.14. The molecule has 0 atom stereocenters. The van der Waals surface area contributed by atoms with Gasteiger partial charge in [-0.25, -0.2) is 18.1 Å². The first-order chi connectivity index (χ1) is 12.4. The summed E-state index contributed by atoms with van der Waals surface area (Å²) in [4.78, 5) is 18.0. The molecule has 8 heteroatoms. The SMILES string of the molecule is CC(=O)N1CCc2cc(S(=O)(=O)NCc3cn4c(n3)CCCC4)ccc21. The van der Waals surface area contributed by atoms with Crippen LogP contribution in [0.1, 0.15) is 36.8 Å². The van der Waals surface area contributed by atoms with Crippen LogP contribution in [0.2, 0.25) is 0 Å². The van der Waals surface area contributed by atoms with Crippen molar-refractivity contribution < 1.29 is 13.2 Å². The van der Waals surface area contributed by atoms with Gasteiger partial charge in [0, 0.05) is 38.3 Å². The number of sulfonamides is 1. The summed E-state index contributed by atoms with van der Waals surface area (Å²) in [5.41, 5.74) is 2.44. The van der Waals surface area contributed by atoms with Crippen molar-refractivity contribution in [1.82, 2.24) is 14.3 Å². The van der Waals surface area contributed by atoms with Gasteiger partial charge in [0.15, 0.2) is 0 Å². The average molecular weight is 374 g/mol. The van der Waals surface area contributed by atoms with Crippen LogP contribution in [0.5, 0.6) is 0 Å². The fourth-order valence-electron chi connectivity index (χ4n) is 3.68. The second kappa shape index (κ2) is 6.51. The molecule has 138 valence electrons. The van der Waals surface area contributed by atoms with Gasteiger partial charge in [-0.05, 0) is 43.0 Å². The van der Waals surface area contributed by atoms with E-state index in [-0.39, 0.29) is 17.3 Å². The van der Waals surface area contributed by atoms with Gasteiger partial charge in [-0.2, -0.15) is 0 Å². The highest BCUT2D eigenvalue weighted by molar-refractivity contribution is 7.89. The Morgan fingerprint density at radius 2 is 2.08 bits per heavy atom. The fourth-order valence-corrected chi connectivity index (χ4v) is 4.73. The number of fused-ring (bicyclic) bond motifs is 2. The van der Waals surface area contributed by atoms with Crippen molar-refractivity contribution >= 4 is 21.6 Å². The Morgan fingerprint density at radius 3 is 2.85 bits per heavy atom. The molecule has 1 amide bonds. The normalized spacial score (nSPS) is 16.4. The minimum atomic E-state index is -3.62. The molecule has 0 saturated heterocycles. The molecule has 3 heterocycles. The number of imidazole rings is 1. The highest BCUT2D eigenvalue weighted by Gasteiger charge is 2.25. The fraction of sp³-hybridized carbons (Fsp3) is 0.444. The summed E-state index contributed by atoms with van der Waals surface area (Å²) in [5, 5.41) is 0. The van der Waals surface area contributed by atoms with Gasteiger partial charge < -0.3 is 9.47 Å². The van der Waals surface area contributed by atoms with Crippen molar-refractivity contribution in [3.05, 3.63) is 41.5 Å². The van der Waals surface area contributed by atoms with Gasteiger partial charge in [-0.1, -0.05) is 0 Å². The number of hydrogen-bond acceptors (Lipinski definition) is 4. The lowest BCUT2D eigenvalue weighted by Crippen LogP contribution is -2.26. The Balaban J connectivity index is 1.50. The van der Waals surface area contributed by atoms with E-state index < -0.39 is 10.0 Å². The van der Waals surface area contributed by atoms with Gasteiger partial charge in [-0.3, -0.25) is 4.79 Å². The summed E-state index contributed by atoms with van der Waals surface area (Å²) >= 11 is 0. The van der Waals surface area contributed by atoms with Gasteiger partial charge in [0.05, 0.1) is 17.1 Å². The number of anilines is 1. The zero-order chi connectivity index (χ0) is 18.3.